The Hall–Kier alpha value is -3.36. The minimum atomic E-state index is -0.754. The lowest BCUT2D eigenvalue weighted by molar-refractivity contribution is -0.129. The first-order chi connectivity index (χ1) is 16.5. The second kappa shape index (κ2) is 9.12. The highest BCUT2D eigenvalue weighted by Crippen LogP contribution is 2.43. The average Bonchev–Trinajstić information content (AvgIpc) is 3.61. The summed E-state index contributed by atoms with van der Waals surface area (Å²) < 4.78 is 5.41. The van der Waals surface area contributed by atoms with E-state index in [4.69, 9.17) is 4.74 Å². The van der Waals surface area contributed by atoms with Gasteiger partial charge in [-0.05, 0) is 55.7 Å². The van der Waals surface area contributed by atoms with Crippen LogP contribution < -0.4 is 15.4 Å². The van der Waals surface area contributed by atoms with Crippen LogP contribution in [0.2, 0.25) is 0 Å². The Morgan fingerprint density at radius 3 is 2.88 bits per heavy atom. The summed E-state index contributed by atoms with van der Waals surface area (Å²) in [6.45, 7) is 1.11. The summed E-state index contributed by atoms with van der Waals surface area (Å²) in [5.74, 6) is 0.114. The zero-order chi connectivity index (χ0) is 23.8. The zero-order valence-electron chi connectivity index (χ0n) is 19.2. The maximum atomic E-state index is 13.6. The number of fused-ring (bicyclic) bond motifs is 2. The number of carbonyl (C=O) groups excluding carboxylic acids is 4. The van der Waals surface area contributed by atoms with Crippen LogP contribution in [-0.4, -0.2) is 66.2 Å². The summed E-state index contributed by atoms with van der Waals surface area (Å²) in [5, 5.41) is 6.41. The van der Waals surface area contributed by atoms with Crippen molar-refractivity contribution in [2.75, 3.05) is 20.2 Å². The van der Waals surface area contributed by atoms with E-state index in [2.05, 4.69) is 15.6 Å². The molecule has 3 aliphatic rings. The molecule has 2 saturated heterocycles. The van der Waals surface area contributed by atoms with Crippen LogP contribution in [0.1, 0.15) is 42.6 Å². The number of benzene rings is 1. The summed E-state index contributed by atoms with van der Waals surface area (Å²) in [6, 6.07) is 5.96. The van der Waals surface area contributed by atoms with Gasteiger partial charge in [-0.1, -0.05) is 12.5 Å². The molecule has 1 saturated carbocycles. The Bertz CT molecular complexity index is 1130. The predicted molar refractivity (Wildman–Crippen MR) is 124 cm³/mol. The van der Waals surface area contributed by atoms with Crippen molar-refractivity contribution in [2.45, 2.75) is 44.2 Å². The van der Waals surface area contributed by atoms with Crippen LogP contribution in [0.25, 0.3) is 10.9 Å². The largest absolute Gasteiger partial charge is 0.496 e. The second-order valence-electron chi connectivity index (χ2n) is 9.63. The van der Waals surface area contributed by atoms with Gasteiger partial charge in [-0.15, -0.1) is 0 Å². The molecule has 2 aliphatic heterocycles. The van der Waals surface area contributed by atoms with Crippen LogP contribution in [0, 0.1) is 17.8 Å². The lowest BCUT2D eigenvalue weighted by atomic mass is 9.92. The lowest BCUT2D eigenvalue weighted by Gasteiger charge is -2.28. The number of H-pyrrole nitrogens is 1. The third-order valence-corrected chi connectivity index (χ3v) is 7.69. The Balaban J connectivity index is 1.37. The molecule has 0 unspecified atom stereocenters. The van der Waals surface area contributed by atoms with E-state index in [-0.39, 0.29) is 41.9 Å². The van der Waals surface area contributed by atoms with E-state index >= 15 is 0 Å². The highest BCUT2D eigenvalue weighted by Gasteiger charge is 2.50. The van der Waals surface area contributed by atoms with Gasteiger partial charge in [0.2, 0.25) is 11.8 Å². The van der Waals surface area contributed by atoms with Crippen LogP contribution >= 0.6 is 0 Å². The van der Waals surface area contributed by atoms with Crippen molar-refractivity contribution in [1.82, 2.24) is 20.5 Å². The predicted octanol–water partition coefficient (Wildman–Crippen LogP) is 1.63. The van der Waals surface area contributed by atoms with Gasteiger partial charge in [0, 0.05) is 29.9 Å². The molecule has 3 amide bonds. The summed E-state index contributed by atoms with van der Waals surface area (Å²) >= 11 is 0. The Labute approximate surface area is 197 Å². The van der Waals surface area contributed by atoms with Crippen molar-refractivity contribution in [3.8, 4) is 5.75 Å². The third kappa shape index (κ3) is 3.93. The van der Waals surface area contributed by atoms with Gasteiger partial charge in [0.25, 0.3) is 5.91 Å². The normalized spacial score (nSPS) is 26.9. The minimum Gasteiger partial charge on any atom is -0.496 e. The number of hydrogen-bond donors (Lipinski definition) is 3. The highest BCUT2D eigenvalue weighted by atomic mass is 16.5. The van der Waals surface area contributed by atoms with Gasteiger partial charge in [-0.25, -0.2) is 0 Å². The average molecular weight is 467 g/mol. The van der Waals surface area contributed by atoms with E-state index in [0.29, 0.717) is 37.2 Å². The van der Waals surface area contributed by atoms with Crippen molar-refractivity contribution >= 4 is 34.9 Å². The molecule has 1 aliphatic carbocycles. The summed E-state index contributed by atoms with van der Waals surface area (Å²) in [4.78, 5) is 55.5. The fraction of sp³-hybridized carbons (Fsp3) is 0.520. The molecule has 1 aromatic heterocycles. The molecule has 9 heteroatoms. The fourth-order valence-corrected chi connectivity index (χ4v) is 6.02. The number of nitrogens with zero attached hydrogens (tertiary/aromatic N) is 1. The number of aromatic amines is 1. The zero-order valence-corrected chi connectivity index (χ0v) is 19.2. The van der Waals surface area contributed by atoms with Gasteiger partial charge < -0.3 is 30.0 Å². The number of nitrogens with one attached hydrogen (secondary N) is 3. The van der Waals surface area contributed by atoms with Gasteiger partial charge in [-0.3, -0.25) is 14.4 Å². The Morgan fingerprint density at radius 2 is 2.15 bits per heavy atom. The fourth-order valence-electron chi connectivity index (χ4n) is 6.02. The van der Waals surface area contributed by atoms with Crippen molar-refractivity contribution < 1.29 is 23.9 Å². The smallest absolute Gasteiger partial charge is 0.271 e. The number of aldehydes is 1. The molecule has 0 bridgehead atoms. The van der Waals surface area contributed by atoms with Crippen molar-refractivity contribution in [2.24, 2.45) is 17.8 Å². The number of carbonyl (C=O) groups is 4. The number of aromatic nitrogens is 1. The Morgan fingerprint density at radius 1 is 1.29 bits per heavy atom. The molecule has 5 rings (SSSR count). The molecule has 3 N–H and O–H groups in total. The molecule has 0 spiro atoms. The summed E-state index contributed by atoms with van der Waals surface area (Å²) in [6.07, 6.45) is 4.52. The Kier molecular flexibility index (Phi) is 6.02. The molecule has 1 aromatic carbocycles. The molecular weight excluding hydrogens is 436 g/mol. The van der Waals surface area contributed by atoms with Gasteiger partial charge in [-0.2, -0.15) is 0 Å². The third-order valence-electron chi connectivity index (χ3n) is 7.69. The van der Waals surface area contributed by atoms with E-state index in [9.17, 15) is 19.2 Å². The molecular formula is C25H30N4O5. The van der Waals surface area contributed by atoms with Gasteiger partial charge in [0.05, 0.1) is 13.2 Å². The molecule has 3 heterocycles. The van der Waals surface area contributed by atoms with Crippen LogP contribution in [0.3, 0.4) is 0 Å². The van der Waals surface area contributed by atoms with Crippen molar-refractivity contribution in [3.63, 3.8) is 0 Å². The quantitative estimate of drug-likeness (QED) is 0.536. The van der Waals surface area contributed by atoms with Crippen molar-refractivity contribution in [3.05, 3.63) is 30.0 Å². The summed E-state index contributed by atoms with van der Waals surface area (Å²) in [7, 11) is 1.59. The first-order valence-electron chi connectivity index (χ1n) is 12.0. The first-order valence-corrected chi connectivity index (χ1v) is 12.0. The first kappa shape index (κ1) is 22.4. The van der Waals surface area contributed by atoms with Gasteiger partial charge in [0.15, 0.2) is 0 Å². The molecule has 5 atom stereocenters. The highest BCUT2D eigenvalue weighted by molar-refractivity contribution is 6.02. The molecule has 180 valence electrons. The van der Waals surface area contributed by atoms with Crippen LogP contribution in [0.4, 0.5) is 0 Å². The molecule has 9 nitrogen and oxygen atoms in total. The summed E-state index contributed by atoms with van der Waals surface area (Å²) in [5.41, 5.74) is 1.20. The maximum absolute atomic E-state index is 13.6. The molecule has 34 heavy (non-hydrogen) atoms. The van der Waals surface area contributed by atoms with Crippen molar-refractivity contribution in [1.29, 1.82) is 0 Å². The van der Waals surface area contributed by atoms with Crippen LogP contribution in [0.5, 0.6) is 5.75 Å². The van der Waals surface area contributed by atoms with Gasteiger partial charge in [0.1, 0.15) is 23.8 Å². The van der Waals surface area contributed by atoms with E-state index in [1.807, 2.05) is 18.2 Å². The molecule has 3 fully saturated rings. The molecule has 2 aromatic rings. The topological polar surface area (TPSA) is 121 Å². The van der Waals surface area contributed by atoms with Crippen LogP contribution in [-0.2, 0) is 14.4 Å². The second-order valence-corrected chi connectivity index (χ2v) is 9.63. The van der Waals surface area contributed by atoms with Crippen LogP contribution in [0.15, 0.2) is 24.3 Å². The van der Waals surface area contributed by atoms with E-state index in [1.54, 1.807) is 18.1 Å². The number of hydrogen-bond acceptors (Lipinski definition) is 5. The maximum Gasteiger partial charge on any atom is 0.271 e. The number of amides is 3. The van der Waals surface area contributed by atoms with E-state index in [0.717, 1.165) is 30.2 Å². The van der Waals surface area contributed by atoms with E-state index < -0.39 is 12.1 Å². The monoisotopic (exact) mass is 466 g/mol. The van der Waals surface area contributed by atoms with Gasteiger partial charge >= 0.3 is 0 Å². The number of ether oxygens (including phenoxy) is 1. The SMILES string of the molecule is COc1cccc2[nH]c(C(=O)N3C[C@@H]4CCC[C@@H]4[C@H]3C(=O)N[C@@H](C=O)C[C@@H]3CCNC3=O)cc12. The standard InChI is InChI=1S/C25H30N4O5/c1-34-21-7-3-6-19-18(21)11-20(28-19)25(33)29-12-15-4-2-5-17(15)22(29)24(32)27-16(13-30)10-14-8-9-26-23(14)31/h3,6-7,11,13-17,22,28H,2,4-5,8-10,12H2,1H3,(H,26,31)(H,27,32)/t14-,15-,16+,17-,22-/m0/s1. The lowest BCUT2D eigenvalue weighted by Crippen LogP contribution is -2.52. The number of likely N-dealkylation sites (tertiary alicyclic amines) is 1. The minimum absolute atomic E-state index is 0.0740. The van der Waals surface area contributed by atoms with E-state index in [1.165, 1.54) is 0 Å². The molecule has 0 radical (unpaired) electrons. The number of methoxy groups -OCH3 is 1. The number of rotatable bonds is 7.